The van der Waals surface area contributed by atoms with Crippen molar-refractivity contribution in [3.63, 3.8) is 0 Å². The number of benzene rings is 1. The molecule has 1 aromatic carbocycles. The number of rotatable bonds is 3. The second kappa shape index (κ2) is 6.00. The minimum Gasteiger partial charge on any atom is -0.207 e. The van der Waals surface area contributed by atoms with Gasteiger partial charge in [-0.2, -0.15) is 4.31 Å². The summed E-state index contributed by atoms with van der Waals surface area (Å²) >= 11 is 11.7. The summed E-state index contributed by atoms with van der Waals surface area (Å²) in [6, 6.07) is 4.75. The summed E-state index contributed by atoms with van der Waals surface area (Å²) in [5, 5.41) is 0.404. The van der Waals surface area contributed by atoms with Gasteiger partial charge < -0.3 is 0 Å². The molecule has 19 heavy (non-hydrogen) atoms. The SMILES string of the molecule is CC1CCN(S(=O)(=O)c2ccc(CCl)c(Cl)c2)CC1. The third kappa shape index (κ3) is 3.24. The van der Waals surface area contributed by atoms with Gasteiger partial charge in [0.2, 0.25) is 10.0 Å². The molecule has 1 aromatic rings. The Morgan fingerprint density at radius 3 is 2.47 bits per heavy atom. The number of hydrogen-bond donors (Lipinski definition) is 0. The van der Waals surface area contributed by atoms with Crippen LogP contribution in [0.4, 0.5) is 0 Å². The Morgan fingerprint density at radius 2 is 1.95 bits per heavy atom. The van der Waals surface area contributed by atoms with Gasteiger partial charge in [-0.3, -0.25) is 0 Å². The standard InChI is InChI=1S/C13H17Cl2NO2S/c1-10-4-6-16(7-5-10)19(17,18)12-3-2-11(9-14)13(15)8-12/h2-3,8,10H,4-7,9H2,1H3. The molecule has 2 rings (SSSR count). The number of hydrogen-bond acceptors (Lipinski definition) is 2. The Labute approximate surface area is 124 Å². The van der Waals surface area contributed by atoms with Crippen molar-refractivity contribution in [2.24, 2.45) is 5.92 Å². The van der Waals surface area contributed by atoms with E-state index in [1.54, 1.807) is 16.4 Å². The van der Waals surface area contributed by atoms with E-state index < -0.39 is 10.0 Å². The van der Waals surface area contributed by atoms with Crippen molar-refractivity contribution in [3.05, 3.63) is 28.8 Å². The molecule has 0 aliphatic carbocycles. The van der Waals surface area contributed by atoms with E-state index in [0.717, 1.165) is 18.4 Å². The molecule has 6 heteroatoms. The van der Waals surface area contributed by atoms with E-state index in [1.807, 2.05) is 0 Å². The Balaban J connectivity index is 2.27. The Hall–Kier alpha value is -0.290. The van der Waals surface area contributed by atoms with Gasteiger partial charge in [-0.1, -0.05) is 24.6 Å². The Kier molecular flexibility index (Phi) is 4.77. The summed E-state index contributed by atoms with van der Waals surface area (Å²) in [6.45, 7) is 3.31. The lowest BCUT2D eigenvalue weighted by Gasteiger charge is -2.29. The van der Waals surface area contributed by atoms with Gasteiger partial charge in [-0.15, -0.1) is 11.6 Å². The summed E-state index contributed by atoms with van der Waals surface area (Å²) < 4.78 is 26.5. The van der Waals surface area contributed by atoms with Crippen LogP contribution in [0.2, 0.25) is 5.02 Å². The van der Waals surface area contributed by atoms with Gasteiger partial charge in [0.25, 0.3) is 0 Å². The molecule has 1 fully saturated rings. The van der Waals surface area contributed by atoms with Crippen LogP contribution in [0.5, 0.6) is 0 Å². The quantitative estimate of drug-likeness (QED) is 0.799. The lowest BCUT2D eigenvalue weighted by Crippen LogP contribution is -2.37. The highest BCUT2D eigenvalue weighted by Gasteiger charge is 2.28. The first kappa shape index (κ1) is 15.1. The predicted molar refractivity (Wildman–Crippen MR) is 78.2 cm³/mol. The zero-order chi connectivity index (χ0) is 14.0. The average molecular weight is 322 g/mol. The Morgan fingerprint density at radius 1 is 1.32 bits per heavy atom. The highest BCUT2D eigenvalue weighted by atomic mass is 35.5. The molecule has 0 N–H and O–H groups in total. The molecule has 0 unspecified atom stereocenters. The summed E-state index contributed by atoms with van der Waals surface area (Å²) in [6.07, 6.45) is 1.82. The van der Waals surface area contributed by atoms with Gasteiger partial charge in [0.1, 0.15) is 0 Å². The highest BCUT2D eigenvalue weighted by Crippen LogP contribution is 2.27. The van der Waals surface area contributed by atoms with Crippen molar-refractivity contribution in [1.29, 1.82) is 0 Å². The van der Waals surface area contributed by atoms with Gasteiger partial charge in [-0.25, -0.2) is 8.42 Å². The van der Waals surface area contributed by atoms with Crippen LogP contribution in [0.3, 0.4) is 0 Å². The maximum atomic E-state index is 12.5. The van der Waals surface area contributed by atoms with Crippen LogP contribution in [-0.2, 0) is 15.9 Å². The number of alkyl halides is 1. The van der Waals surface area contributed by atoms with Crippen LogP contribution < -0.4 is 0 Å². The predicted octanol–water partition coefficient (Wildman–Crippen LogP) is 3.50. The minimum absolute atomic E-state index is 0.251. The Bertz CT molecular complexity index is 552. The highest BCUT2D eigenvalue weighted by molar-refractivity contribution is 7.89. The van der Waals surface area contributed by atoms with Gasteiger partial charge in [0.15, 0.2) is 0 Å². The number of halogens is 2. The zero-order valence-electron chi connectivity index (χ0n) is 10.8. The van der Waals surface area contributed by atoms with Crippen LogP contribution in [0.1, 0.15) is 25.3 Å². The number of sulfonamides is 1. The molecular weight excluding hydrogens is 305 g/mol. The summed E-state index contributed by atoms with van der Waals surface area (Å²) in [5.74, 6) is 0.870. The lowest BCUT2D eigenvalue weighted by molar-refractivity contribution is 0.288. The fourth-order valence-corrected chi connectivity index (χ4v) is 4.28. The van der Waals surface area contributed by atoms with Crippen LogP contribution in [0, 0.1) is 5.92 Å². The molecule has 0 atom stereocenters. The second-order valence-corrected chi connectivity index (χ2v) is 7.59. The van der Waals surface area contributed by atoms with E-state index >= 15 is 0 Å². The smallest absolute Gasteiger partial charge is 0.207 e. The summed E-state index contributed by atoms with van der Waals surface area (Å²) in [4.78, 5) is 0.251. The van der Waals surface area contributed by atoms with Crippen LogP contribution in [0.25, 0.3) is 0 Å². The fourth-order valence-electron chi connectivity index (χ4n) is 2.17. The van der Waals surface area contributed by atoms with Gasteiger partial charge in [-0.05, 0) is 36.5 Å². The summed E-state index contributed by atoms with van der Waals surface area (Å²) in [5.41, 5.74) is 0.745. The first-order valence-electron chi connectivity index (χ1n) is 6.29. The number of piperidine rings is 1. The maximum Gasteiger partial charge on any atom is 0.243 e. The molecule has 106 valence electrons. The normalized spacial score (nSPS) is 18.7. The van der Waals surface area contributed by atoms with E-state index in [0.29, 0.717) is 24.0 Å². The van der Waals surface area contributed by atoms with Crippen molar-refractivity contribution in [3.8, 4) is 0 Å². The molecule has 1 heterocycles. The molecule has 1 aliphatic heterocycles. The van der Waals surface area contributed by atoms with Crippen molar-refractivity contribution in [1.82, 2.24) is 4.31 Å². The van der Waals surface area contributed by atoms with E-state index in [9.17, 15) is 8.42 Å². The molecule has 0 amide bonds. The van der Waals surface area contributed by atoms with Gasteiger partial charge in [0.05, 0.1) is 4.90 Å². The lowest BCUT2D eigenvalue weighted by atomic mass is 10.0. The van der Waals surface area contributed by atoms with E-state index in [-0.39, 0.29) is 10.8 Å². The third-order valence-corrected chi connectivity index (χ3v) is 6.08. The second-order valence-electron chi connectivity index (χ2n) is 4.97. The first-order chi connectivity index (χ1) is 8.95. The van der Waals surface area contributed by atoms with Crippen LogP contribution in [0.15, 0.2) is 23.1 Å². The largest absolute Gasteiger partial charge is 0.243 e. The van der Waals surface area contributed by atoms with E-state index in [1.165, 1.54) is 6.07 Å². The monoisotopic (exact) mass is 321 g/mol. The van der Waals surface area contributed by atoms with E-state index in [4.69, 9.17) is 23.2 Å². The molecular formula is C13H17Cl2NO2S. The summed E-state index contributed by atoms with van der Waals surface area (Å²) in [7, 11) is -3.43. The minimum atomic E-state index is -3.43. The molecule has 0 bridgehead atoms. The average Bonchev–Trinajstić information content (AvgIpc) is 2.39. The van der Waals surface area contributed by atoms with Crippen molar-refractivity contribution in [2.75, 3.05) is 13.1 Å². The van der Waals surface area contributed by atoms with Crippen molar-refractivity contribution in [2.45, 2.75) is 30.5 Å². The maximum absolute atomic E-state index is 12.5. The molecule has 1 aliphatic rings. The first-order valence-corrected chi connectivity index (χ1v) is 8.65. The number of nitrogens with zero attached hydrogens (tertiary/aromatic N) is 1. The molecule has 0 aromatic heterocycles. The zero-order valence-corrected chi connectivity index (χ0v) is 13.1. The molecule has 0 radical (unpaired) electrons. The van der Waals surface area contributed by atoms with Crippen molar-refractivity contribution >= 4 is 33.2 Å². The van der Waals surface area contributed by atoms with Crippen LogP contribution in [-0.4, -0.2) is 25.8 Å². The third-order valence-electron chi connectivity index (χ3n) is 3.55. The van der Waals surface area contributed by atoms with E-state index in [2.05, 4.69) is 6.92 Å². The van der Waals surface area contributed by atoms with Gasteiger partial charge in [0, 0.05) is 24.0 Å². The fraction of sp³-hybridized carbons (Fsp3) is 0.538. The molecule has 1 saturated heterocycles. The topological polar surface area (TPSA) is 37.4 Å². The van der Waals surface area contributed by atoms with Crippen molar-refractivity contribution < 1.29 is 8.42 Å². The molecule has 3 nitrogen and oxygen atoms in total. The van der Waals surface area contributed by atoms with Gasteiger partial charge >= 0.3 is 0 Å². The molecule has 0 spiro atoms. The van der Waals surface area contributed by atoms with Crippen LogP contribution >= 0.6 is 23.2 Å². The molecule has 0 saturated carbocycles.